The second-order valence-corrected chi connectivity index (χ2v) is 3.91. The standard InChI is InChI=1S/C12H12ClN/c1-14(2)12-8-4-5-9-10(12)6-3-7-11(9)13/h3-8H,1-2H3. The average molecular weight is 206 g/mol. The lowest BCUT2D eigenvalue weighted by Crippen LogP contribution is -2.08. The number of nitrogens with zero attached hydrogens (tertiary/aromatic N) is 1. The second-order valence-electron chi connectivity index (χ2n) is 3.51. The molecule has 0 N–H and O–H groups in total. The third kappa shape index (κ3) is 1.44. The molecule has 2 aromatic carbocycles. The lowest BCUT2D eigenvalue weighted by atomic mass is 10.1. The van der Waals surface area contributed by atoms with Crippen molar-refractivity contribution in [3.8, 4) is 0 Å². The molecular formula is C12H12ClN. The summed E-state index contributed by atoms with van der Waals surface area (Å²) in [5, 5.41) is 3.12. The maximum atomic E-state index is 6.12. The Morgan fingerprint density at radius 3 is 2.29 bits per heavy atom. The van der Waals surface area contributed by atoms with E-state index in [9.17, 15) is 0 Å². The predicted molar refractivity (Wildman–Crippen MR) is 63.3 cm³/mol. The summed E-state index contributed by atoms with van der Waals surface area (Å²) in [6, 6.07) is 12.2. The Kier molecular flexibility index (Phi) is 2.34. The minimum atomic E-state index is 0.811. The number of benzene rings is 2. The summed E-state index contributed by atoms with van der Waals surface area (Å²) in [4.78, 5) is 2.10. The first-order chi connectivity index (χ1) is 6.70. The summed E-state index contributed by atoms with van der Waals surface area (Å²) in [5.41, 5.74) is 1.20. The van der Waals surface area contributed by atoms with Crippen molar-refractivity contribution in [2.45, 2.75) is 0 Å². The normalized spacial score (nSPS) is 10.5. The van der Waals surface area contributed by atoms with Crippen molar-refractivity contribution >= 4 is 28.1 Å². The molecule has 0 unspecified atom stereocenters. The number of hydrogen-bond donors (Lipinski definition) is 0. The molecule has 0 bridgehead atoms. The molecule has 0 aliphatic heterocycles. The van der Waals surface area contributed by atoms with Crippen LogP contribution in [0.5, 0.6) is 0 Å². The molecule has 0 heterocycles. The summed E-state index contributed by atoms with van der Waals surface area (Å²) < 4.78 is 0. The monoisotopic (exact) mass is 205 g/mol. The Hall–Kier alpha value is -1.21. The third-order valence-corrected chi connectivity index (χ3v) is 2.66. The highest BCUT2D eigenvalue weighted by atomic mass is 35.5. The molecule has 0 atom stereocenters. The fourth-order valence-corrected chi connectivity index (χ4v) is 1.88. The van der Waals surface area contributed by atoms with Gasteiger partial charge in [-0.15, -0.1) is 0 Å². The van der Waals surface area contributed by atoms with Crippen LogP contribution in [0.25, 0.3) is 10.8 Å². The molecule has 0 radical (unpaired) electrons. The molecule has 2 aromatic rings. The van der Waals surface area contributed by atoms with E-state index in [1.807, 2.05) is 38.4 Å². The minimum Gasteiger partial charge on any atom is -0.377 e. The maximum absolute atomic E-state index is 6.12. The molecule has 0 saturated carbocycles. The van der Waals surface area contributed by atoms with Gasteiger partial charge < -0.3 is 4.90 Å². The van der Waals surface area contributed by atoms with Crippen LogP contribution in [0, 0.1) is 0 Å². The van der Waals surface area contributed by atoms with Gasteiger partial charge >= 0.3 is 0 Å². The fraction of sp³-hybridized carbons (Fsp3) is 0.167. The number of fused-ring (bicyclic) bond motifs is 1. The Balaban J connectivity index is 2.81. The first-order valence-electron chi connectivity index (χ1n) is 4.55. The van der Waals surface area contributed by atoms with Crippen LogP contribution in [0.15, 0.2) is 36.4 Å². The zero-order chi connectivity index (χ0) is 10.1. The van der Waals surface area contributed by atoms with Gasteiger partial charge in [0.25, 0.3) is 0 Å². The second kappa shape index (κ2) is 3.50. The molecule has 2 heteroatoms. The summed E-state index contributed by atoms with van der Waals surface area (Å²) in [7, 11) is 4.07. The van der Waals surface area contributed by atoms with Gasteiger partial charge in [0.05, 0.1) is 0 Å². The summed E-state index contributed by atoms with van der Waals surface area (Å²) in [6.45, 7) is 0. The van der Waals surface area contributed by atoms with Crippen molar-refractivity contribution in [1.29, 1.82) is 0 Å². The Bertz CT molecular complexity index is 463. The zero-order valence-electron chi connectivity index (χ0n) is 8.29. The first kappa shape index (κ1) is 9.35. The lowest BCUT2D eigenvalue weighted by molar-refractivity contribution is 1.14. The van der Waals surface area contributed by atoms with E-state index in [1.54, 1.807) is 0 Å². The molecular weight excluding hydrogens is 194 g/mol. The highest BCUT2D eigenvalue weighted by molar-refractivity contribution is 6.35. The highest BCUT2D eigenvalue weighted by Gasteiger charge is 2.03. The zero-order valence-corrected chi connectivity index (χ0v) is 9.05. The number of anilines is 1. The van der Waals surface area contributed by atoms with E-state index in [1.165, 1.54) is 11.1 Å². The third-order valence-electron chi connectivity index (χ3n) is 2.33. The van der Waals surface area contributed by atoms with Crippen molar-refractivity contribution in [3.05, 3.63) is 41.4 Å². The van der Waals surface area contributed by atoms with Gasteiger partial charge in [-0.3, -0.25) is 0 Å². The van der Waals surface area contributed by atoms with E-state index >= 15 is 0 Å². The molecule has 72 valence electrons. The molecule has 0 amide bonds. The number of hydrogen-bond acceptors (Lipinski definition) is 1. The molecule has 1 nitrogen and oxygen atoms in total. The summed E-state index contributed by atoms with van der Waals surface area (Å²) in [6.07, 6.45) is 0. The molecule has 14 heavy (non-hydrogen) atoms. The van der Waals surface area contributed by atoms with Gasteiger partial charge in [0.15, 0.2) is 0 Å². The van der Waals surface area contributed by atoms with E-state index < -0.39 is 0 Å². The summed E-state index contributed by atoms with van der Waals surface area (Å²) in [5.74, 6) is 0. The quantitative estimate of drug-likeness (QED) is 0.688. The Morgan fingerprint density at radius 2 is 1.57 bits per heavy atom. The van der Waals surface area contributed by atoms with Crippen LogP contribution in [-0.2, 0) is 0 Å². The van der Waals surface area contributed by atoms with Crippen LogP contribution in [0.3, 0.4) is 0 Å². The van der Waals surface area contributed by atoms with Crippen LogP contribution in [0.4, 0.5) is 5.69 Å². The lowest BCUT2D eigenvalue weighted by Gasteiger charge is -2.15. The van der Waals surface area contributed by atoms with E-state index in [0.717, 1.165) is 10.4 Å². The molecule has 2 rings (SSSR count). The molecule has 0 aromatic heterocycles. The average Bonchev–Trinajstić information content (AvgIpc) is 2.17. The van der Waals surface area contributed by atoms with Gasteiger partial charge in [-0.05, 0) is 12.1 Å². The molecule has 0 aliphatic rings. The van der Waals surface area contributed by atoms with E-state index in [-0.39, 0.29) is 0 Å². The number of halogens is 1. The van der Waals surface area contributed by atoms with Crippen LogP contribution in [0.1, 0.15) is 0 Å². The van der Waals surface area contributed by atoms with Crippen molar-refractivity contribution in [3.63, 3.8) is 0 Å². The van der Waals surface area contributed by atoms with Crippen molar-refractivity contribution in [2.75, 3.05) is 19.0 Å². The largest absolute Gasteiger partial charge is 0.377 e. The predicted octanol–water partition coefficient (Wildman–Crippen LogP) is 3.56. The van der Waals surface area contributed by atoms with E-state index in [2.05, 4.69) is 17.0 Å². The van der Waals surface area contributed by atoms with Gasteiger partial charge in [0, 0.05) is 35.6 Å². The van der Waals surface area contributed by atoms with Crippen molar-refractivity contribution in [1.82, 2.24) is 0 Å². The van der Waals surface area contributed by atoms with Gasteiger partial charge in [-0.25, -0.2) is 0 Å². The molecule has 0 spiro atoms. The van der Waals surface area contributed by atoms with Gasteiger partial charge in [0.1, 0.15) is 0 Å². The Labute approximate surface area is 88.9 Å². The van der Waals surface area contributed by atoms with Crippen molar-refractivity contribution < 1.29 is 0 Å². The smallest absolute Gasteiger partial charge is 0.0485 e. The van der Waals surface area contributed by atoms with Crippen LogP contribution in [0.2, 0.25) is 5.02 Å². The van der Waals surface area contributed by atoms with Gasteiger partial charge in [-0.1, -0.05) is 35.9 Å². The van der Waals surface area contributed by atoms with Gasteiger partial charge in [0.2, 0.25) is 0 Å². The van der Waals surface area contributed by atoms with Gasteiger partial charge in [-0.2, -0.15) is 0 Å². The van der Waals surface area contributed by atoms with Crippen molar-refractivity contribution in [2.24, 2.45) is 0 Å². The molecule has 0 aliphatic carbocycles. The first-order valence-corrected chi connectivity index (χ1v) is 4.92. The molecule has 0 saturated heterocycles. The highest BCUT2D eigenvalue weighted by Crippen LogP contribution is 2.29. The molecule has 0 fully saturated rings. The number of rotatable bonds is 1. The Morgan fingerprint density at radius 1 is 0.929 bits per heavy atom. The topological polar surface area (TPSA) is 3.24 Å². The van der Waals surface area contributed by atoms with Crippen LogP contribution >= 0.6 is 11.6 Å². The van der Waals surface area contributed by atoms with Crippen LogP contribution < -0.4 is 4.90 Å². The minimum absolute atomic E-state index is 0.811. The fourth-order valence-electron chi connectivity index (χ4n) is 1.65. The van der Waals surface area contributed by atoms with E-state index in [4.69, 9.17) is 11.6 Å². The SMILES string of the molecule is CN(C)c1cccc2c(Cl)cccc12. The van der Waals surface area contributed by atoms with Crippen LogP contribution in [-0.4, -0.2) is 14.1 Å². The maximum Gasteiger partial charge on any atom is 0.0485 e. The van der Waals surface area contributed by atoms with E-state index in [0.29, 0.717) is 0 Å². The summed E-state index contributed by atoms with van der Waals surface area (Å²) >= 11 is 6.12.